The minimum absolute atomic E-state index is 0.245. The molecule has 4 heteroatoms. The molecule has 4 nitrogen and oxygen atoms in total. The molecule has 5 N–H and O–H groups in total. The van der Waals surface area contributed by atoms with Crippen LogP contribution in [0.1, 0.15) is 13.3 Å². The lowest BCUT2D eigenvalue weighted by Crippen LogP contribution is -2.25. The van der Waals surface area contributed by atoms with Crippen LogP contribution < -0.4 is 5.73 Å². The third-order valence-corrected chi connectivity index (χ3v) is 1.04. The van der Waals surface area contributed by atoms with Crippen LogP contribution in [-0.4, -0.2) is 27.3 Å². The summed E-state index contributed by atoms with van der Waals surface area (Å²) in [6.07, 6.45) is 2.85. The van der Waals surface area contributed by atoms with Crippen LogP contribution in [0.2, 0.25) is 0 Å². The first kappa shape index (κ1) is 9.58. The van der Waals surface area contributed by atoms with Gasteiger partial charge in [0, 0.05) is 12.1 Å². The van der Waals surface area contributed by atoms with E-state index in [1.54, 1.807) is 0 Å². The normalized spacial score (nSPS) is 16.1. The van der Waals surface area contributed by atoms with Gasteiger partial charge >= 0.3 is 0 Å². The van der Waals surface area contributed by atoms with E-state index < -0.39 is 5.97 Å². The Hall–Kier alpha value is -0.420. The second-order valence-electron chi connectivity index (χ2n) is 2.12. The van der Waals surface area contributed by atoms with Crippen LogP contribution in [-0.2, 0) is 0 Å². The van der Waals surface area contributed by atoms with Gasteiger partial charge in [-0.1, -0.05) is 13.0 Å². The minimum Gasteiger partial charge on any atom is -0.340 e. The lowest BCUT2D eigenvalue weighted by Gasteiger charge is -2.08. The van der Waals surface area contributed by atoms with E-state index in [1.807, 2.05) is 6.92 Å². The van der Waals surface area contributed by atoms with Crippen molar-refractivity contribution in [1.29, 1.82) is 0 Å². The molecule has 60 valence electrons. The fourth-order valence-corrected chi connectivity index (χ4v) is 0.389. The molecule has 1 unspecified atom stereocenters. The van der Waals surface area contributed by atoms with Gasteiger partial charge in [-0.2, -0.15) is 0 Å². The molecule has 0 saturated heterocycles. The first-order valence-corrected chi connectivity index (χ1v) is 3.07. The van der Waals surface area contributed by atoms with Crippen molar-refractivity contribution in [2.45, 2.75) is 25.4 Å². The Morgan fingerprint density at radius 2 is 2.00 bits per heavy atom. The van der Waals surface area contributed by atoms with E-state index >= 15 is 0 Å². The van der Waals surface area contributed by atoms with Gasteiger partial charge in [0.05, 0.1) is 0 Å². The van der Waals surface area contributed by atoms with E-state index in [1.165, 1.54) is 6.08 Å². The molecule has 0 bridgehead atoms. The van der Waals surface area contributed by atoms with Gasteiger partial charge in [-0.05, 0) is 6.42 Å². The van der Waals surface area contributed by atoms with Gasteiger partial charge in [0.15, 0.2) is 0 Å². The maximum absolute atomic E-state index is 8.33. The van der Waals surface area contributed by atoms with Gasteiger partial charge in [-0.3, -0.25) is 0 Å². The van der Waals surface area contributed by atoms with E-state index in [4.69, 9.17) is 21.1 Å². The van der Waals surface area contributed by atoms with Gasteiger partial charge in [0.1, 0.15) is 0 Å². The molecule has 0 radical (unpaired) electrons. The highest BCUT2D eigenvalue weighted by Gasteiger charge is 2.11. The SMILES string of the molecule is CCC(N)C=CC(O)(O)O. The van der Waals surface area contributed by atoms with Crippen molar-refractivity contribution in [3.05, 3.63) is 12.2 Å². The van der Waals surface area contributed by atoms with Crippen molar-refractivity contribution in [3.63, 3.8) is 0 Å². The second-order valence-corrected chi connectivity index (χ2v) is 2.12. The van der Waals surface area contributed by atoms with E-state index in [9.17, 15) is 0 Å². The molecule has 0 fully saturated rings. The summed E-state index contributed by atoms with van der Waals surface area (Å²) in [7, 11) is 0. The van der Waals surface area contributed by atoms with Gasteiger partial charge in [0.25, 0.3) is 5.97 Å². The summed E-state index contributed by atoms with van der Waals surface area (Å²) in [5.74, 6) is -2.73. The zero-order chi connectivity index (χ0) is 8.20. The van der Waals surface area contributed by atoms with Crippen LogP contribution in [0.5, 0.6) is 0 Å². The third kappa shape index (κ3) is 5.71. The largest absolute Gasteiger partial charge is 0.340 e. The van der Waals surface area contributed by atoms with Gasteiger partial charge in [-0.15, -0.1) is 0 Å². The van der Waals surface area contributed by atoms with E-state index in [-0.39, 0.29) is 6.04 Å². The van der Waals surface area contributed by atoms with Crippen molar-refractivity contribution in [1.82, 2.24) is 0 Å². The molecule has 1 atom stereocenters. The molecule has 10 heavy (non-hydrogen) atoms. The van der Waals surface area contributed by atoms with Crippen LogP contribution in [0.15, 0.2) is 12.2 Å². The van der Waals surface area contributed by atoms with Crippen molar-refractivity contribution in [2.24, 2.45) is 5.73 Å². The first-order valence-electron chi connectivity index (χ1n) is 3.07. The van der Waals surface area contributed by atoms with Crippen LogP contribution in [0.25, 0.3) is 0 Å². The highest BCUT2D eigenvalue weighted by atomic mass is 16.7. The average molecular weight is 147 g/mol. The summed E-state index contributed by atoms with van der Waals surface area (Å²) < 4.78 is 0. The summed E-state index contributed by atoms with van der Waals surface area (Å²) in [4.78, 5) is 0. The highest BCUT2D eigenvalue weighted by Crippen LogP contribution is 1.96. The lowest BCUT2D eigenvalue weighted by molar-refractivity contribution is -0.273. The quantitative estimate of drug-likeness (QED) is 0.302. The van der Waals surface area contributed by atoms with E-state index in [0.717, 1.165) is 6.08 Å². The maximum atomic E-state index is 8.33. The molecule has 0 spiro atoms. The maximum Gasteiger partial charge on any atom is 0.297 e. The van der Waals surface area contributed by atoms with Crippen LogP contribution in [0.3, 0.4) is 0 Å². The predicted octanol–water partition coefficient (Wildman–Crippen LogP) is -1.09. The molecular weight excluding hydrogens is 134 g/mol. The van der Waals surface area contributed by atoms with Gasteiger partial charge in [0.2, 0.25) is 0 Å². The molecule has 0 amide bonds. The topological polar surface area (TPSA) is 86.7 Å². The predicted molar refractivity (Wildman–Crippen MR) is 36.8 cm³/mol. The number of hydrogen-bond donors (Lipinski definition) is 4. The Morgan fingerprint density at radius 3 is 2.30 bits per heavy atom. The molecular formula is C6H13NO3. The average Bonchev–Trinajstić information content (AvgIpc) is 1.81. The molecule has 0 aromatic carbocycles. The Balaban J connectivity index is 3.75. The number of nitrogens with two attached hydrogens (primary N) is 1. The van der Waals surface area contributed by atoms with Gasteiger partial charge in [-0.25, -0.2) is 0 Å². The van der Waals surface area contributed by atoms with Crippen LogP contribution in [0, 0.1) is 0 Å². The van der Waals surface area contributed by atoms with Crippen molar-refractivity contribution >= 4 is 0 Å². The molecule has 0 rings (SSSR count). The zero-order valence-corrected chi connectivity index (χ0v) is 5.86. The lowest BCUT2D eigenvalue weighted by atomic mass is 10.2. The molecule has 0 saturated carbocycles. The van der Waals surface area contributed by atoms with E-state index in [2.05, 4.69) is 0 Å². The van der Waals surface area contributed by atoms with Crippen molar-refractivity contribution in [3.8, 4) is 0 Å². The number of rotatable bonds is 3. The minimum atomic E-state index is -2.73. The number of hydrogen-bond acceptors (Lipinski definition) is 4. The standard InChI is InChI=1S/C6H13NO3/c1-2-5(7)3-4-6(8,9)10/h3-5,8-10H,2,7H2,1H3. The molecule has 0 aliphatic rings. The Kier molecular flexibility index (Phi) is 3.52. The summed E-state index contributed by atoms with van der Waals surface area (Å²) in [5.41, 5.74) is 5.36. The van der Waals surface area contributed by atoms with Crippen molar-refractivity contribution in [2.75, 3.05) is 0 Å². The Labute approximate surface area is 59.6 Å². The zero-order valence-electron chi connectivity index (χ0n) is 5.86. The van der Waals surface area contributed by atoms with Crippen LogP contribution >= 0.6 is 0 Å². The van der Waals surface area contributed by atoms with Crippen molar-refractivity contribution < 1.29 is 15.3 Å². The third-order valence-electron chi connectivity index (χ3n) is 1.04. The second kappa shape index (κ2) is 3.68. The molecule has 0 aliphatic heterocycles. The fourth-order valence-electron chi connectivity index (χ4n) is 0.389. The first-order chi connectivity index (χ1) is 4.45. The monoisotopic (exact) mass is 147 g/mol. The molecule has 0 heterocycles. The van der Waals surface area contributed by atoms with Gasteiger partial charge < -0.3 is 21.1 Å². The number of aliphatic hydroxyl groups is 3. The molecule has 0 aromatic rings. The van der Waals surface area contributed by atoms with E-state index in [0.29, 0.717) is 6.42 Å². The molecule has 0 aromatic heterocycles. The van der Waals surface area contributed by atoms with Crippen LogP contribution in [0.4, 0.5) is 0 Å². The Morgan fingerprint density at radius 1 is 1.50 bits per heavy atom. The summed E-state index contributed by atoms with van der Waals surface area (Å²) >= 11 is 0. The fraction of sp³-hybridized carbons (Fsp3) is 0.667. The Bertz CT molecular complexity index is 117. The smallest absolute Gasteiger partial charge is 0.297 e. The summed E-state index contributed by atoms with van der Waals surface area (Å²) in [6.45, 7) is 1.85. The summed E-state index contributed by atoms with van der Waals surface area (Å²) in [6, 6.07) is -0.245. The summed E-state index contributed by atoms with van der Waals surface area (Å²) in [5, 5.41) is 25.0. The highest BCUT2D eigenvalue weighted by molar-refractivity contribution is 4.94. The molecule has 0 aliphatic carbocycles.